The third kappa shape index (κ3) is 11.7. The zero-order valence-corrected chi connectivity index (χ0v) is 21.6. The van der Waals surface area contributed by atoms with Gasteiger partial charge in [0.1, 0.15) is 0 Å². The topological polar surface area (TPSA) is 268 Å². The van der Waals surface area contributed by atoms with E-state index in [1.807, 2.05) is 0 Å². The molecule has 0 spiro atoms. The van der Waals surface area contributed by atoms with Crippen LogP contribution >= 0.6 is 0 Å². The van der Waals surface area contributed by atoms with Crippen LogP contribution in [0.25, 0.3) is 0 Å². The zero-order chi connectivity index (χ0) is 28.9. The Morgan fingerprint density at radius 3 is 1.59 bits per heavy atom. The molecule has 0 saturated carbocycles. The van der Waals surface area contributed by atoms with Crippen molar-refractivity contribution in [2.75, 3.05) is 13.1 Å². The minimum atomic E-state index is -4.39. The third-order valence-corrected chi connectivity index (χ3v) is 6.84. The molecule has 0 aromatic carbocycles. The van der Waals surface area contributed by atoms with Crippen LogP contribution < -0.4 is 10.6 Å². The first kappa shape index (κ1) is 33.9. The van der Waals surface area contributed by atoms with Gasteiger partial charge in [-0.2, -0.15) is 0 Å². The molecule has 212 valence electrons. The maximum atomic E-state index is 13.0. The van der Waals surface area contributed by atoms with Gasteiger partial charge in [-0.05, 0) is 19.3 Å². The van der Waals surface area contributed by atoms with Gasteiger partial charge in [-0.1, -0.05) is 20.3 Å². The van der Waals surface area contributed by atoms with E-state index in [9.17, 15) is 49.2 Å². The second kappa shape index (κ2) is 15.9. The lowest BCUT2D eigenvalue weighted by atomic mass is 9.68. The lowest BCUT2D eigenvalue weighted by Gasteiger charge is -2.34. The molecule has 0 aliphatic carbocycles. The zero-order valence-electron chi connectivity index (χ0n) is 20.6. The van der Waals surface area contributed by atoms with Crippen molar-refractivity contribution in [2.24, 2.45) is 29.6 Å². The van der Waals surface area contributed by atoms with Gasteiger partial charge in [0, 0.05) is 19.1 Å². The van der Waals surface area contributed by atoms with E-state index in [4.69, 9.17) is 14.4 Å². The van der Waals surface area contributed by atoms with Crippen LogP contribution in [0.4, 0.5) is 0 Å². The fraction of sp³-hybridized carbons (Fsp3) is 0.714. The summed E-state index contributed by atoms with van der Waals surface area (Å²) in [5, 5.41) is 43.4. The number of rotatable bonds is 19. The number of carbonyl (C=O) groups excluding carboxylic acids is 2. The highest BCUT2D eigenvalue weighted by atomic mass is 28.4. The quantitative estimate of drug-likeness (QED) is 0.0656. The molecule has 5 atom stereocenters. The molecule has 15 nitrogen and oxygen atoms in total. The SMILES string of the molecule is CCCCNC(=O)C([C@H](CC(=O)O)C(=O)O)[C@H](C(=O)O)[C@H](C(=O)O)[C@@H](CC)C(=O)NCCC[Si](O)(O)O. The Morgan fingerprint density at radius 2 is 1.19 bits per heavy atom. The molecule has 0 heterocycles. The number of carboxylic acid groups (broad SMARTS) is 4. The van der Waals surface area contributed by atoms with E-state index < -0.39 is 86.6 Å². The Bertz CT molecular complexity index is 830. The highest BCUT2D eigenvalue weighted by molar-refractivity contribution is 6.56. The van der Waals surface area contributed by atoms with Gasteiger partial charge in [0.05, 0.1) is 36.0 Å². The second-order valence-electron chi connectivity index (χ2n) is 8.62. The molecule has 0 aromatic rings. The molecule has 2 amide bonds. The summed E-state index contributed by atoms with van der Waals surface area (Å²) in [6, 6.07) is -0.431. The van der Waals surface area contributed by atoms with Crippen LogP contribution in [0.15, 0.2) is 0 Å². The van der Waals surface area contributed by atoms with Crippen molar-refractivity contribution in [1.82, 2.24) is 10.6 Å². The summed E-state index contributed by atoms with van der Waals surface area (Å²) in [6.45, 7) is 2.92. The number of unbranched alkanes of at least 4 members (excludes halogenated alkanes) is 1. The summed E-state index contributed by atoms with van der Waals surface area (Å²) >= 11 is 0. The molecule has 16 heteroatoms. The molecule has 0 aromatic heterocycles. The largest absolute Gasteiger partial charge is 0.492 e. The Kier molecular flexibility index (Phi) is 14.6. The smallest absolute Gasteiger partial charge is 0.481 e. The molecular weight excluding hydrogens is 516 g/mol. The van der Waals surface area contributed by atoms with Crippen LogP contribution in [0.3, 0.4) is 0 Å². The molecule has 0 saturated heterocycles. The maximum Gasteiger partial charge on any atom is 0.492 e. The predicted molar refractivity (Wildman–Crippen MR) is 126 cm³/mol. The van der Waals surface area contributed by atoms with Crippen LogP contribution in [0.1, 0.15) is 46.0 Å². The van der Waals surface area contributed by atoms with Crippen molar-refractivity contribution < 1.29 is 63.6 Å². The summed E-state index contributed by atoms with van der Waals surface area (Å²) in [5.74, 6) is -19.6. The van der Waals surface area contributed by atoms with Crippen LogP contribution in [-0.2, 0) is 28.8 Å². The minimum Gasteiger partial charge on any atom is -0.481 e. The minimum absolute atomic E-state index is 0.00160. The van der Waals surface area contributed by atoms with Gasteiger partial charge in [-0.25, -0.2) is 0 Å². The summed E-state index contributed by atoms with van der Waals surface area (Å²) in [4.78, 5) is 101. The monoisotopic (exact) mass is 552 g/mol. The van der Waals surface area contributed by atoms with Gasteiger partial charge in [0.15, 0.2) is 0 Å². The number of amides is 2. The van der Waals surface area contributed by atoms with Crippen molar-refractivity contribution in [1.29, 1.82) is 0 Å². The first-order valence-corrected chi connectivity index (χ1v) is 13.8. The highest BCUT2D eigenvalue weighted by Crippen LogP contribution is 2.36. The van der Waals surface area contributed by atoms with E-state index in [0.29, 0.717) is 12.8 Å². The van der Waals surface area contributed by atoms with Crippen LogP contribution in [0.5, 0.6) is 0 Å². The van der Waals surface area contributed by atoms with E-state index in [1.54, 1.807) is 6.92 Å². The molecule has 0 radical (unpaired) electrons. The molecular formula is C21H36N2O13Si. The number of hydrogen-bond donors (Lipinski definition) is 9. The molecule has 0 fully saturated rings. The van der Waals surface area contributed by atoms with Crippen molar-refractivity contribution >= 4 is 44.5 Å². The third-order valence-electron chi connectivity index (χ3n) is 5.82. The van der Waals surface area contributed by atoms with Crippen LogP contribution in [0.2, 0.25) is 6.04 Å². The molecule has 0 bridgehead atoms. The first-order valence-electron chi connectivity index (χ1n) is 11.7. The average molecular weight is 553 g/mol. The van der Waals surface area contributed by atoms with E-state index in [1.165, 1.54) is 6.92 Å². The van der Waals surface area contributed by atoms with Gasteiger partial charge >= 0.3 is 32.7 Å². The Morgan fingerprint density at radius 1 is 0.676 bits per heavy atom. The Hall–Kier alpha value is -3.08. The van der Waals surface area contributed by atoms with Crippen LogP contribution in [0, 0.1) is 29.6 Å². The van der Waals surface area contributed by atoms with Gasteiger partial charge in [-0.15, -0.1) is 0 Å². The van der Waals surface area contributed by atoms with E-state index >= 15 is 0 Å². The van der Waals surface area contributed by atoms with Crippen molar-refractivity contribution in [3.8, 4) is 0 Å². The van der Waals surface area contributed by atoms with Crippen molar-refractivity contribution in [3.63, 3.8) is 0 Å². The normalized spacial score (nSPS) is 15.5. The second-order valence-corrected chi connectivity index (χ2v) is 10.7. The number of carboxylic acids is 4. The fourth-order valence-electron chi connectivity index (χ4n) is 4.04. The van der Waals surface area contributed by atoms with E-state index in [-0.39, 0.29) is 25.9 Å². The lowest BCUT2D eigenvalue weighted by molar-refractivity contribution is -0.168. The van der Waals surface area contributed by atoms with E-state index in [2.05, 4.69) is 10.6 Å². The summed E-state index contributed by atoms with van der Waals surface area (Å²) in [5.41, 5.74) is 0. The van der Waals surface area contributed by atoms with Gasteiger partial charge in [-0.3, -0.25) is 28.8 Å². The lowest BCUT2D eigenvalue weighted by Crippen LogP contribution is -2.52. The Labute approximate surface area is 213 Å². The van der Waals surface area contributed by atoms with E-state index in [0.717, 1.165) is 0 Å². The number of hydrogen-bond acceptors (Lipinski definition) is 9. The molecule has 1 unspecified atom stereocenters. The standard InChI is InChI=1S/C21H36N2O13Si/c1-3-5-7-23-18(27)14(12(19(28)29)10-13(24)25)16(21(32)33)15(20(30)31)11(4-2)17(26)22-8-6-9-37(34,35)36/h11-12,14-16,34-36H,3-10H2,1-2H3,(H,22,26)(H,23,27)(H,24,25)(H,28,29)(H,30,31)(H,32,33)/t11-,12+,14?,15-,16+/m1/s1. The first-order chi connectivity index (χ1) is 17.1. The molecule has 0 aliphatic rings. The number of carbonyl (C=O) groups is 6. The van der Waals surface area contributed by atoms with Crippen LogP contribution in [-0.4, -0.2) is 92.4 Å². The molecule has 0 rings (SSSR count). The van der Waals surface area contributed by atoms with Gasteiger partial charge in [0.2, 0.25) is 11.8 Å². The maximum absolute atomic E-state index is 13.0. The fourth-order valence-corrected chi connectivity index (χ4v) is 4.69. The van der Waals surface area contributed by atoms with Crippen molar-refractivity contribution in [2.45, 2.75) is 52.0 Å². The molecule has 0 aliphatic heterocycles. The average Bonchev–Trinajstić information content (AvgIpc) is 2.76. The summed E-state index contributed by atoms with van der Waals surface area (Å²) in [6.07, 6.45) is -0.482. The summed E-state index contributed by atoms with van der Waals surface area (Å²) < 4.78 is 0. The number of nitrogens with one attached hydrogen (secondary N) is 2. The Balaban J connectivity index is 6.43. The summed E-state index contributed by atoms with van der Waals surface area (Å²) in [7, 11) is -4.39. The van der Waals surface area contributed by atoms with Gasteiger partial charge in [0.25, 0.3) is 0 Å². The molecule has 9 N–H and O–H groups in total. The predicted octanol–water partition coefficient (Wildman–Crippen LogP) is -1.46. The van der Waals surface area contributed by atoms with Gasteiger partial charge < -0.3 is 45.4 Å². The number of aliphatic carboxylic acids is 4. The highest BCUT2D eigenvalue weighted by Gasteiger charge is 2.52. The molecule has 37 heavy (non-hydrogen) atoms. The van der Waals surface area contributed by atoms with Crippen molar-refractivity contribution in [3.05, 3.63) is 0 Å².